The quantitative estimate of drug-likeness (QED) is 0.825. The van der Waals surface area contributed by atoms with E-state index < -0.39 is 0 Å². The van der Waals surface area contributed by atoms with Crippen molar-refractivity contribution < 1.29 is 4.74 Å². The van der Waals surface area contributed by atoms with Crippen molar-refractivity contribution >= 4 is 0 Å². The minimum atomic E-state index is 0.775. The number of ether oxygens (including phenoxy) is 1. The number of aromatic nitrogens is 3. The van der Waals surface area contributed by atoms with Crippen molar-refractivity contribution in [2.75, 3.05) is 26.3 Å². The minimum Gasteiger partial charge on any atom is -0.379 e. The van der Waals surface area contributed by atoms with E-state index in [0.29, 0.717) is 0 Å². The van der Waals surface area contributed by atoms with Crippen LogP contribution in [0.1, 0.15) is 11.3 Å². The lowest BCUT2D eigenvalue weighted by molar-refractivity contribution is 0.0336. The molecule has 19 heavy (non-hydrogen) atoms. The number of benzene rings is 1. The third-order valence-electron chi connectivity index (χ3n) is 3.26. The van der Waals surface area contributed by atoms with Crippen LogP contribution in [0.25, 0.3) is 0 Å². The zero-order valence-corrected chi connectivity index (χ0v) is 10.9. The Labute approximate surface area is 112 Å². The molecule has 0 aliphatic carbocycles. The van der Waals surface area contributed by atoms with E-state index in [-0.39, 0.29) is 0 Å². The summed E-state index contributed by atoms with van der Waals surface area (Å²) in [4.78, 5) is 2.35. The molecule has 0 spiro atoms. The summed E-state index contributed by atoms with van der Waals surface area (Å²) in [5.41, 5.74) is 2.27. The summed E-state index contributed by atoms with van der Waals surface area (Å²) in [6.07, 6.45) is 2.03. The van der Waals surface area contributed by atoms with E-state index in [9.17, 15) is 0 Å². The van der Waals surface area contributed by atoms with Crippen molar-refractivity contribution in [3.8, 4) is 0 Å². The highest BCUT2D eigenvalue weighted by atomic mass is 16.5. The van der Waals surface area contributed by atoms with E-state index in [0.717, 1.165) is 45.1 Å². The lowest BCUT2D eigenvalue weighted by atomic mass is 10.2. The van der Waals surface area contributed by atoms with Gasteiger partial charge in [-0.2, -0.15) is 0 Å². The molecule has 0 bridgehead atoms. The summed E-state index contributed by atoms with van der Waals surface area (Å²) in [6.45, 7) is 5.22. The highest BCUT2D eigenvalue weighted by Crippen LogP contribution is 2.06. The molecular formula is C14H18N4O. The second kappa shape index (κ2) is 5.95. The Morgan fingerprint density at radius 3 is 2.63 bits per heavy atom. The molecule has 0 radical (unpaired) electrons. The van der Waals surface area contributed by atoms with Gasteiger partial charge in [-0.05, 0) is 5.56 Å². The van der Waals surface area contributed by atoms with Gasteiger partial charge in [-0.15, -0.1) is 5.10 Å². The van der Waals surface area contributed by atoms with Crippen LogP contribution in [-0.2, 0) is 17.8 Å². The van der Waals surface area contributed by atoms with Crippen LogP contribution in [0, 0.1) is 0 Å². The van der Waals surface area contributed by atoms with Crippen molar-refractivity contribution in [2.24, 2.45) is 0 Å². The number of nitrogens with zero attached hydrogens (tertiary/aromatic N) is 4. The molecule has 0 saturated carbocycles. The summed E-state index contributed by atoms with van der Waals surface area (Å²) in [5.74, 6) is 0. The van der Waals surface area contributed by atoms with Crippen LogP contribution in [-0.4, -0.2) is 46.2 Å². The van der Waals surface area contributed by atoms with Crippen molar-refractivity contribution in [1.82, 2.24) is 19.9 Å². The summed E-state index contributed by atoms with van der Waals surface area (Å²) in [5, 5.41) is 8.42. The van der Waals surface area contributed by atoms with Crippen molar-refractivity contribution in [2.45, 2.75) is 13.1 Å². The van der Waals surface area contributed by atoms with E-state index in [4.69, 9.17) is 4.74 Å². The Hall–Kier alpha value is -1.72. The van der Waals surface area contributed by atoms with E-state index in [1.54, 1.807) is 0 Å². The second-order valence-electron chi connectivity index (χ2n) is 4.78. The van der Waals surface area contributed by atoms with Crippen LogP contribution >= 0.6 is 0 Å². The fourth-order valence-corrected chi connectivity index (χ4v) is 2.25. The van der Waals surface area contributed by atoms with Crippen molar-refractivity contribution in [3.05, 3.63) is 47.8 Å². The normalized spacial score (nSPS) is 16.6. The van der Waals surface area contributed by atoms with E-state index >= 15 is 0 Å². The van der Waals surface area contributed by atoms with Crippen LogP contribution in [0.3, 0.4) is 0 Å². The number of morpholine rings is 1. The summed E-state index contributed by atoms with van der Waals surface area (Å²) >= 11 is 0. The first kappa shape index (κ1) is 12.3. The van der Waals surface area contributed by atoms with Crippen LogP contribution in [0.5, 0.6) is 0 Å². The molecule has 5 nitrogen and oxygen atoms in total. The topological polar surface area (TPSA) is 43.2 Å². The van der Waals surface area contributed by atoms with Gasteiger partial charge in [0.15, 0.2) is 0 Å². The Balaban J connectivity index is 1.59. The summed E-state index contributed by atoms with van der Waals surface area (Å²) in [7, 11) is 0. The van der Waals surface area contributed by atoms with Gasteiger partial charge in [0, 0.05) is 19.6 Å². The van der Waals surface area contributed by atoms with Crippen molar-refractivity contribution in [1.29, 1.82) is 0 Å². The minimum absolute atomic E-state index is 0.775. The van der Waals surface area contributed by atoms with Gasteiger partial charge in [0.2, 0.25) is 0 Å². The monoisotopic (exact) mass is 258 g/mol. The van der Waals surface area contributed by atoms with Gasteiger partial charge in [-0.3, -0.25) is 4.90 Å². The summed E-state index contributed by atoms with van der Waals surface area (Å²) < 4.78 is 7.23. The first-order valence-electron chi connectivity index (χ1n) is 6.63. The maximum absolute atomic E-state index is 5.34. The number of hydrogen-bond donors (Lipinski definition) is 0. The average Bonchev–Trinajstić information content (AvgIpc) is 2.88. The zero-order chi connectivity index (χ0) is 12.9. The molecular weight excluding hydrogens is 240 g/mol. The molecule has 1 aromatic heterocycles. The highest BCUT2D eigenvalue weighted by molar-refractivity contribution is 5.14. The third-order valence-corrected chi connectivity index (χ3v) is 3.26. The standard InChI is InChI=1S/C14H18N4O/c1-2-4-13(5-3-1)10-18-12-14(15-16-18)11-17-6-8-19-9-7-17/h1-5,12H,6-11H2. The Kier molecular flexibility index (Phi) is 3.86. The van der Waals surface area contributed by atoms with Crippen LogP contribution < -0.4 is 0 Å². The van der Waals surface area contributed by atoms with Gasteiger partial charge in [0.1, 0.15) is 0 Å². The van der Waals surface area contributed by atoms with Gasteiger partial charge in [-0.25, -0.2) is 4.68 Å². The molecule has 1 fully saturated rings. The molecule has 100 valence electrons. The summed E-state index contributed by atoms with van der Waals surface area (Å²) in [6, 6.07) is 10.3. The van der Waals surface area contributed by atoms with Gasteiger partial charge in [0.25, 0.3) is 0 Å². The largest absolute Gasteiger partial charge is 0.379 e. The Bertz CT molecular complexity index is 505. The van der Waals surface area contributed by atoms with Gasteiger partial charge < -0.3 is 4.74 Å². The van der Waals surface area contributed by atoms with Gasteiger partial charge >= 0.3 is 0 Å². The average molecular weight is 258 g/mol. The molecule has 5 heteroatoms. The predicted molar refractivity (Wildman–Crippen MR) is 71.7 cm³/mol. The van der Waals surface area contributed by atoms with Crippen LogP contribution in [0.15, 0.2) is 36.5 Å². The number of hydrogen-bond acceptors (Lipinski definition) is 4. The maximum atomic E-state index is 5.34. The molecule has 1 saturated heterocycles. The number of rotatable bonds is 4. The lowest BCUT2D eigenvalue weighted by Gasteiger charge is -2.25. The zero-order valence-electron chi connectivity index (χ0n) is 10.9. The molecule has 1 aromatic carbocycles. The molecule has 0 unspecified atom stereocenters. The van der Waals surface area contributed by atoms with Crippen LogP contribution in [0.2, 0.25) is 0 Å². The Morgan fingerprint density at radius 1 is 1.05 bits per heavy atom. The first-order chi connectivity index (χ1) is 9.40. The smallest absolute Gasteiger partial charge is 0.0967 e. The fraction of sp³-hybridized carbons (Fsp3) is 0.429. The van der Waals surface area contributed by atoms with Crippen molar-refractivity contribution in [3.63, 3.8) is 0 Å². The third kappa shape index (κ3) is 3.39. The lowest BCUT2D eigenvalue weighted by Crippen LogP contribution is -2.35. The SMILES string of the molecule is c1ccc(Cn2cc(CN3CCOCC3)nn2)cc1. The molecule has 1 aliphatic heterocycles. The van der Waals surface area contributed by atoms with Gasteiger partial charge in [0.05, 0.1) is 31.6 Å². The van der Waals surface area contributed by atoms with E-state index in [1.807, 2.05) is 29.1 Å². The molecule has 0 N–H and O–H groups in total. The fourth-order valence-electron chi connectivity index (χ4n) is 2.25. The molecule has 2 aromatic rings. The maximum Gasteiger partial charge on any atom is 0.0967 e. The molecule has 0 atom stereocenters. The van der Waals surface area contributed by atoms with E-state index in [1.165, 1.54) is 5.56 Å². The molecule has 3 rings (SSSR count). The van der Waals surface area contributed by atoms with Crippen LogP contribution in [0.4, 0.5) is 0 Å². The first-order valence-corrected chi connectivity index (χ1v) is 6.63. The highest BCUT2D eigenvalue weighted by Gasteiger charge is 2.12. The molecule has 1 aliphatic rings. The van der Waals surface area contributed by atoms with Gasteiger partial charge in [-0.1, -0.05) is 35.5 Å². The predicted octanol–water partition coefficient (Wildman–Crippen LogP) is 1.16. The molecule has 2 heterocycles. The second-order valence-corrected chi connectivity index (χ2v) is 4.78. The molecule has 0 amide bonds. The Morgan fingerprint density at radius 2 is 1.84 bits per heavy atom. The van der Waals surface area contributed by atoms with E-state index in [2.05, 4.69) is 27.3 Å².